The van der Waals surface area contributed by atoms with E-state index in [9.17, 15) is 0 Å². The van der Waals surface area contributed by atoms with E-state index in [4.69, 9.17) is 21.1 Å². The van der Waals surface area contributed by atoms with E-state index >= 15 is 0 Å². The topological polar surface area (TPSA) is 27.7 Å². The summed E-state index contributed by atoms with van der Waals surface area (Å²) in [6, 6.07) is 0. The molecular weight excluding hydrogens is 144 g/mol. The smallest absolute Gasteiger partial charge is 0.0701 e. The lowest BCUT2D eigenvalue weighted by Crippen LogP contribution is -2.08. The van der Waals surface area contributed by atoms with Crippen molar-refractivity contribution in [3.8, 4) is 0 Å². The Labute approximate surface area is 68.6 Å². The quantitative estimate of drug-likeness (QED) is 0.491. The minimum Gasteiger partial charge on any atom is -0.382 e. The summed E-state index contributed by atoms with van der Waals surface area (Å²) in [5.41, 5.74) is 0. The number of ether oxygens (including phenoxy) is 3. The Hall–Kier alpha value is -0.120. The van der Waals surface area contributed by atoms with Crippen LogP contribution in [0, 0.1) is 6.92 Å². The first kappa shape index (κ1) is 10.9. The van der Waals surface area contributed by atoms with E-state index in [0.717, 1.165) is 0 Å². The standard InChI is InChI=1S/C8H16O3/c1-3-4-10-7-8-11-6-5-9-2/h1H,3-8H2,2H3. The molecule has 0 aromatic rings. The molecule has 66 valence electrons. The highest BCUT2D eigenvalue weighted by Gasteiger charge is 1.87. The largest absolute Gasteiger partial charge is 0.382 e. The molecule has 0 heterocycles. The van der Waals surface area contributed by atoms with Crippen LogP contribution in [-0.2, 0) is 14.2 Å². The van der Waals surface area contributed by atoms with E-state index in [1.807, 2.05) is 0 Å². The summed E-state index contributed by atoms with van der Waals surface area (Å²) in [5, 5.41) is 0. The van der Waals surface area contributed by atoms with Gasteiger partial charge in [-0.1, -0.05) is 0 Å². The lowest BCUT2D eigenvalue weighted by molar-refractivity contribution is 0.0258. The van der Waals surface area contributed by atoms with Crippen molar-refractivity contribution in [1.29, 1.82) is 0 Å². The van der Waals surface area contributed by atoms with Gasteiger partial charge in [0.2, 0.25) is 0 Å². The molecule has 0 aliphatic heterocycles. The van der Waals surface area contributed by atoms with Crippen LogP contribution in [0.2, 0.25) is 0 Å². The summed E-state index contributed by atoms with van der Waals surface area (Å²) in [6.07, 6.45) is 0.568. The van der Waals surface area contributed by atoms with Crippen molar-refractivity contribution in [2.75, 3.05) is 40.1 Å². The normalized spacial score (nSPS) is 10.4. The van der Waals surface area contributed by atoms with Crippen molar-refractivity contribution in [3.05, 3.63) is 6.92 Å². The second kappa shape index (κ2) is 9.88. The zero-order valence-electron chi connectivity index (χ0n) is 7.04. The molecule has 0 aromatic heterocycles. The van der Waals surface area contributed by atoms with Crippen LogP contribution in [0.25, 0.3) is 0 Å². The predicted octanol–water partition coefficient (Wildman–Crippen LogP) is 0.767. The van der Waals surface area contributed by atoms with E-state index in [1.54, 1.807) is 7.11 Å². The first-order valence-electron chi connectivity index (χ1n) is 3.76. The minimum atomic E-state index is 0.568. The van der Waals surface area contributed by atoms with Gasteiger partial charge in [0, 0.05) is 13.7 Å². The van der Waals surface area contributed by atoms with Crippen molar-refractivity contribution < 1.29 is 14.2 Å². The molecule has 0 bridgehead atoms. The molecule has 0 saturated heterocycles. The average molecular weight is 160 g/mol. The van der Waals surface area contributed by atoms with Gasteiger partial charge in [0.1, 0.15) is 0 Å². The molecule has 0 rings (SSSR count). The molecule has 0 saturated carbocycles. The summed E-state index contributed by atoms with van der Waals surface area (Å²) in [4.78, 5) is 0. The van der Waals surface area contributed by atoms with Crippen LogP contribution >= 0.6 is 0 Å². The van der Waals surface area contributed by atoms with E-state index in [2.05, 4.69) is 0 Å². The average Bonchev–Trinajstić information content (AvgIpc) is 2.03. The van der Waals surface area contributed by atoms with E-state index in [1.165, 1.54) is 0 Å². The Balaban J connectivity index is 2.69. The van der Waals surface area contributed by atoms with Gasteiger partial charge in [-0.3, -0.25) is 0 Å². The van der Waals surface area contributed by atoms with Crippen molar-refractivity contribution in [2.24, 2.45) is 0 Å². The second-order valence-corrected chi connectivity index (χ2v) is 2.01. The highest BCUT2D eigenvalue weighted by Crippen LogP contribution is 1.81. The van der Waals surface area contributed by atoms with Gasteiger partial charge >= 0.3 is 0 Å². The van der Waals surface area contributed by atoms with E-state index in [0.29, 0.717) is 39.5 Å². The van der Waals surface area contributed by atoms with Gasteiger partial charge in [-0.25, -0.2) is 0 Å². The maximum Gasteiger partial charge on any atom is 0.0701 e. The summed E-state index contributed by atoms with van der Waals surface area (Å²) >= 11 is 0. The van der Waals surface area contributed by atoms with Crippen LogP contribution in [-0.4, -0.2) is 40.1 Å². The molecule has 0 unspecified atom stereocenters. The van der Waals surface area contributed by atoms with Gasteiger partial charge in [-0.05, 0) is 13.3 Å². The van der Waals surface area contributed by atoms with Gasteiger partial charge < -0.3 is 14.2 Å². The monoisotopic (exact) mass is 160 g/mol. The third-order valence-corrected chi connectivity index (χ3v) is 1.07. The molecule has 0 aliphatic carbocycles. The first-order chi connectivity index (χ1) is 5.41. The lowest BCUT2D eigenvalue weighted by Gasteiger charge is -2.03. The molecule has 3 heteroatoms. The van der Waals surface area contributed by atoms with Crippen molar-refractivity contribution in [1.82, 2.24) is 0 Å². The van der Waals surface area contributed by atoms with E-state index in [-0.39, 0.29) is 0 Å². The van der Waals surface area contributed by atoms with Gasteiger partial charge in [0.15, 0.2) is 0 Å². The highest BCUT2D eigenvalue weighted by molar-refractivity contribution is 4.36. The molecule has 0 spiro atoms. The molecular formula is C8H16O3. The zero-order chi connectivity index (χ0) is 8.36. The Kier molecular flexibility index (Phi) is 9.77. The van der Waals surface area contributed by atoms with Crippen LogP contribution in [0.3, 0.4) is 0 Å². The minimum absolute atomic E-state index is 0.568. The third kappa shape index (κ3) is 9.88. The molecule has 0 atom stereocenters. The fraction of sp³-hybridized carbons (Fsp3) is 0.875. The molecule has 0 amide bonds. The SMILES string of the molecule is [CH]CCOCCOCCOC. The van der Waals surface area contributed by atoms with E-state index < -0.39 is 0 Å². The molecule has 2 radical (unpaired) electrons. The maximum absolute atomic E-state index is 5.21. The van der Waals surface area contributed by atoms with Crippen LogP contribution in [0.5, 0.6) is 0 Å². The van der Waals surface area contributed by atoms with Gasteiger partial charge in [-0.15, -0.1) is 0 Å². The summed E-state index contributed by atoms with van der Waals surface area (Å²) in [5.74, 6) is 0. The molecule has 0 fully saturated rings. The number of hydrogen-bond acceptors (Lipinski definition) is 3. The van der Waals surface area contributed by atoms with Crippen LogP contribution in [0.4, 0.5) is 0 Å². The van der Waals surface area contributed by atoms with Crippen molar-refractivity contribution in [3.63, 3.8) is 0 Å². The fourth-order valence-corrected chi connectivity index (χ4v) is 0.548. The predicted molar refractivity (Wildman–Crippen MR) is 42.4 cm³/mol. The fourth-order valence-electron chi connectivity index (χ4n) is 0.548. The van der Waals surface area contributed by atoms with Crippen LogP contribution in [0.15, 0.2) is 0 Å². The maximum atomic E-state index is 5.21. The molecule has 11 heavy (non-hydrogen) atoms. The Bertz CT molecular complexity index is 58.4. The second-order valence-electron chi connectivity index (χ2n) is 2.01. The Morgan fingerprint density at radius 1 is 0.909 bits per heavy atom. The number of methoxy groups -OCH3 is 1. The number of rotatable bonds is 8. The molecule has 0 aliphatic rings. The summed E-state index contributed by atoms with van der Waals surface area (Å²) < 4.78 is 15.0. The van der Waals surface area contributed by atoms with Gasteiger partial charge in [0.05, 0.1) is 26.4 Å². The summed E-state index contributed by atoms with van der Waals surface area (Å²) in [6.45, 7) is 8.30. The molecule has 0 aromatic carbocycles. The third-order valence-electron chi connectivity index (χ3n) is 1.07. The highest BCUT2D eigenvalue weighted by atomic mass is 16.5. The lowest BCUT2D eigenvalue weighted by atomic mass is 10.5. The zero-order valence-corrected chi connectivity index (χ0v) is 7.04. The van der Waals surface area contributed by atoms with Crippen molar-refractivity contribution >= 4 is 0 Å². The Morgan fingerprint density at radius 3 is 2.00 bits per heavy atom. The van der Waals surface area contributed by atoms with Crippen LogP contribution in [0.1, 0.15) is 6.42 Å². The molecule has 0 N–H and O–H groups in total. The number of hydrogen-bond donors (Lipinski definition) is 0. The summed E-state index contributed by atoms with van der Waals surface area (Å²) in [7, 11) is 1.65. The van der Waals surface area contributed by atoms with Crippen molar-refractivity contribution in [2.45, 2.75) is 6.42 Å². The Morgan fingerprint density at radius 2 is 1.45 bits per heavy atom. The van der Waals surface area contributed by atoms with Gasteiger partial charge in [0.25, 0.3) is 0 Å². The first-order valence-corrected chi connectivity index (χ1v) is 3.76. The molecule has 3 nitrogen and oxygen atoms in total. The van der Waals surface area contributed by atoms with Gasteiger partial charge in [-0.2, -0.15) is 0 Å². The van der Waals surface area contributed by atoms with Crippen LogP contribution < -0.4 is 0 Å².